The fraction of sp³-hybridized carbons (Fsp3) is 0.333. The summed E-state index contributed by atoms with van der Waals surface area (Å²) in [6.45, 7) is 1.89. The minimum Gasteiger partial charge on any atom is -0.495 e. The molecular formula is C12H13ClN2O. The van der Waals surface area contributed by atoms with Gasteiger partial charge < -0.3 is 15.0 Å². The zero-order chi connectivity index (χ0) is 11.1. The molecule has 0 saturated carbocycles. The fourth-order valence-corrected chi connectivity index (χ4v) is 2.63. The number of aromatic amines is 1. The number of rotatable bonds is 1. The Labute approximate surface area is 98.7 Å². The minimum atomic E-state index is 0.789. The molecule has 1 aromatic carbocycles. The topological polar surface area (TPSA) is 37.0 Å². The van der Waals surface area contributed by atoms with Gasteiger partial charge in [0.1, 0.15) is 5.75 Å². The molecule has 2 heterocycles. The van der Waals surface area contributed by atoms with E-state index in [0.717, 1.165) is 41.2 Å². The van der Waals surface area contributed by atoms with Crippen molar-refractivity contribution >= 4 is 22.5 Å². The molecule has 4 heteroatoms. The average Bonchev–Trinajstić information content (AvgIpc) is 2.69. The maximum absolute atomic E-state index is 6.26. The lowest BCUT2D eigenvalue weighted by atomic mass is 10.1. The van der Waals surface area contributed by atoms with E-state index in [9.17, 15) is 0 Å². The quantitative estimate of drug-likeness (QED) is 0.798. The predicted molar refractivity (Wildman–Crippen MR) is 65.3 cm³/mol. The number of methoxy groups -OCH3 is 1. The van der Waals surface area contributed by atoms with E-state index >= 15 is 0 Å². The lowest BCUT2D eigenvalue weighted by Crippen LogP contribution is -2.22. The Morgan fingerprint density at radius 1 is 1.38 bits per heavy atom. The number of hydrogen-bond donors (Lipinski definition) is 2. The van der Waals surface area contributed by atoms with E-state index in [2.05, 4.69) is 10.3 Å². The van der Waals surface area contributed by atoms with Crippen molar-refractivity contribution in [3.05, 3.63) is 28.4 Å². The monoisotopic (exact) mass is 236 g/mol. The molecule has 0 unspecified atom stereocenters. The Bertz CT molecular complexity index is 547. The van der Waals surface area contributed by atoms with Crippen LogP contribution in [0.1, 0.15) is 11.3 Å². The second kappa shape index (κ2) is 3.68. The van der Waals surface area contributed by atoms with Crippen molar-refractivity contribution in [2.24, 2.45) is 0 Å². The van der Waals surface area contributed by atoms with E-state index in [1.165, 1.54) is 11.3 Å². The van der Waals surface area contributed by atoms with Gasteiger partial charge in [-0.25, -0.2) is 0 Å². The highest BCUT2D eigenvalue weighted by atomic mass is 35.5. The van der Waals surface area contributed by atoms with Crippen molar-refractivity contribution in [2.75, 3.05) is 13.7 Å². The molecule has 1 aliphatic heterocycles. The molecule has 0 saturated heterocycles. The number of halogens is 1. The number of nitrogens with one attached hydrogen (secondary N) is 2. The number of H-pyrrole nitrogens is 1. The molecule has 2 aromatic rings. The molecule has 1 aliphatic rings. The highest BCUT2D eigenvalue weighted by molar-refractivity contribution is 6.36. The second-order valence-electron chi connectivity index (χ2n) is 4.01. The van der Waals surface area contributed by atoms with Crippen LogP contribution in [0.15, 0.2) is 12.1 Å². The van der Waals surface area contributed by atoms with Crippen LogP contribution in [0, 0.1) is 0 Å². The maximum atomic E-state index is 6.26. The molecule has 0 bridgehead atoms. The van der Waals surface area contributed by atoms with Crippen LogP contribution in [0.25, 0.3) is 10.9 Å². The summed E-state index contributed by atoms with van der Waals surface area (Å²) in [7, 11) is 1.68. The third-order valence-electron chi connectivity index (χ3n) is 3.13. The average molecular weight is 237 g/mol. The van der Waals surface area contributed by atoms with Crippen LogP contribution in [-0.4, -0.2) is 18.6 Å². The molecule has 0 aliphatic carbocycles. The zero-order valence-electron chi connectivity index (χ0n) is 9.06. The summed E-state index contributed by atoms with van der Waals surface area (Å²) >= 11 is 6.26. The van der Waals surface area contributed by atoms with Gasteiger partial charge in [-0.15, -0.1) is 0 Å². The summed E-state index contributed by atoms with van der Waals surface area (Å²) in [6.07, 6.45) is 1.02. The number of aromatic nitrogens is 1. The van der Waals surface area contributed by atoms with Gasteiger partial charge in [-0.3, -0.25) is 0 Å². The number of fused-ring (bicyclic) bond motifs is 3. The van der Waals surface area contributed by atoms with E-state index < -0.39 is 0 Å². The molecule has 0 amide bonds. The SMILES string of the molecule is COc1ccc(Cl)c2c3c([nH]c12)CCNC3. The largest absolute Gasteiger partial charge is 0.495 e. The van der Waals surface area contributed by atoms with Gasteiger partial charge in [0, 0.05) is 30.6 Å². The first-order chi connectivity index (χ1) is 7.81. The van der Waals surface area contributed by atoms with E-state index in [4.69, 9.17) is 16.3 Å². The normalized spacial score (nSPS) is 15.1. The minimum absolute atomic E-state index is 0.789. The van der Waals surface area contributed by atoms with Crippen LogP contribution in [0.2, 0.25) is 5.02 Å². The first-order valence-electron chi connectivity index (χ1n) is 5.38. The molecule has 0 radical (unpaired) electrons. The predicted octanol–water partition coefficient (Wildman–Crippen LogP) is 2.48. The summed E-state index contributed by atoms with van der Waals surface area (Å²) in [4.78, 5) is 3.43. The van der Waals surface area contributed by atoms with Gasteiger partial charge in [0.25, 0.3) is 0 Å². The highest BCUT2D eigenvalue weighted by Gasteiger charge is 2.19. The third-order valence-corrected chi connectivity index (χ3v) is 3.45. The van der Waals surface area contributed by atoms with Crippen LogP contribution in [0.4, 0.5) is 0 Å². The molecule has 1 aromatic heterocycles. The smallest absolute Gasteiger partial charge is 0.143 e. The van der Waals surface area contributed by atoms with Gasteiger partial charge in [-0.05, 0) is 17.7 Å². The van der Waals surface area contributed by atoms with Crippen LogP contribution in [0.5, 0.6) is 5.75 Å². The Morgan fingerprint density at radius 2 is 2.25 bits per heavy atom. The van der Waals surface area contributed by atoms with Gasteiger partial charge in [0.2, 0.25) is 0 Å². The molecule has 0 fully saturated rings. The first-order valence-corrected chi connectivity index (χ1v) is 5.75. The number of ether oxygens (including phenoxy) is 1. The van der Waals surface area contributed by atoms with Gasteiger partial charge in [-0.2, -0.15) is 0 Å². The van der Waals surface area contributed by atoms with E-state index in [1.54, 1.807) is 7.11 Å². The summed E-state index contributed by atoms with van der Waals surface area (Å²) in [5.74, 6) is 0.855. The maximum Gasteiger partial charge on any atom is 0.143 e. The van der Waals surface area contributed by atoms with Crippen molar-refractivity contribution < 1.29 is 4.74 Å². The molecule has 0 spiro atoms. The van der Waals surface area contributed by atoms with Crippen molar-refractivity contribution in [3.8, 4) is 5.75 Å². The van der Waals surface area contributed by atoms with Crippen LogP contribution in [0.3, 0.4) is 0 Å². The molecule has 0 atom stereocenters. The lowest BCUT2D eigenvalue weighted by Gasteiger charge is -2.12. The van der Waals surface area contributed by atoms with Crippen molar-refractivity contribution in [1.82, 2.24) is 10.3 Å². The van der Waals surface area contributed by atoms with E-state index in [0.29, 0.717) is 0 Å². The summed E-state index contributed by atoms with van der Waals surface area (Å²) in [6, 6.07) is 3.80. The van der Waals surface area contributed by atoms with Crippen molar-refractivity contribution in [3.63, 3.8) is 0 Å². The molecule has 3 rings (SSSR count). The van der Waals surface area contributed by atoms with E-state index in [1.807, 2.05) is 12.1 Å². The standard InChI is InChI=1S/C12H13ClN2O/c1-16-10-3-2-8(13)11-7-6-14-5-4-9(7)15-12(10)11/h2-3,14-15H,4-6H2,1H3. The van der Waals surface area contributed by atoms with Crippen LogP contribution in [-0.2, 0) is 13.0 Å². The molecule has 16 heavy (non-hydrogen) atoms. The molecular weight excluding hydrogens is 224 g/mol. The van der Waals surface area contributed by atoms with E-state index in [-0.39, 0.29) is 0 Å². The van der Waals surface area contributed by atoms with Gasteiger partial charge >= 0.3 is 0 Å². The summed E-state index contributed by atoms with van der Waals surface area (Å²) < 4.78 is 5.35. The summed E-state index contributed by atoms with van der Waals surface area (Å²) in [5, 5.41) is 5.25. The molecule has 84 valence electrons. The zero-order valence-corrected chi connectivity index (χ0v) is 9.82. The Balaban J connectivity index is 2.36. The van der Waals surface area contributed by atoms with Crippen molar-refractivity contribution in [2.45, 2.75) is 13.0 Å². The summed E-state index contributed by atoms with van der Waals surface area (Å²) in [5.41, 5.74) is 3.58. The van der Waals surface area contributed by atoms with Crippen molar-refractivity contribution in [1.29, 1.82) is 0 Å². The fourth-order valence-electron chi connectivity index (χ4n) is 2.36. The molecule has 2 N–H and O–H groups in total. The second-order valence-corrected chi connectivity index (χ2v) is 4.42. The Kier molecular flexibility index (Phi) is 2.30. The third kappa shape index (κ3) is 1.32. The Morgan fingerprint density at radius 3 is 3.06 bits per heavy atom. The lowest BCUT2D eigenvalue weighted by molar-refractivity contribution is 0.419. The Hall–Kier alpha value is -1.19. The van der Waals surface area contributed by atoms with Crippen LogP contribution >= 0.6 is 11.6 Å². The van der Waals surface area contributed by atoms with Gasteiger partial charge in [0.15, 0.2) is 0 Å². The first kappa shape index (κ1) is 10.00. The highest BCUT2D eigenvalue weighted by Crippen LogP contribution is 2.36. The van der Waals surface area contributed by atoms with Gasteiger partial charge in [-0.1, -0.05) is 11.6 Å². The van der Waals surface area contributed by atoms with Gasteiger partial charge in [0.05, 0.1) is 17.6 Å². The number of benzene rings is 1. The molecule has 3 nitrogen and oxygen atoms in total. The van der Waals surface area contributed by atoms with Crippen LogP contribution < -0.4 is 10.1 Å². The number of hydrogen-bond acceptors (Lipinski definition) is 2.